The fraction of sp³-hybridized carbons (Fsp3) is 0.417. The van der Waals surface area contributed by atoms with Crippen LogP contribution in [-0.4, -0.2) is 4.98 Å². The molecule has 74 valence electrons. The molecule has 0 saturated heterocycles. The van der Waals surface area contributed by atoms with Crippen LogP contribution in [0.2, 0.25) is 0 Å². The Morgan fingerprint density at radius 1 is 1.21 bits per heavy atom. The van der Waals surface area contributed by atoms with E-state index in [-0.39, 0.29) is 5.41 Å². The Labute approximate surface area is 84.0 Å². The lowest BCUT2D eigenvalue weighted by molar-refractivity contribution is 0.426. The van der Waals surface area contributed by atoms with E-state index in [2.05, 4.69) is 37.9 Å². The Morgan fingerprint density at radius 2 is 1.93 bits per heavy atom. The quantitative estimate of drug-likeness (QED) is 0.634. The first-order valence-electron chi connectivity index (χ1n) is 4.84. The van der Waals surface area contributed by atoms with Gasteiger partial charge in [0.25, 0.3) is 0 Å². The summed E-state index contributed by atoms with van der Waals surface area (Å²) in [6.07, 6.45) is 0. The smallest absolute Gasteiger partial charge is 0.226 e. The lowest BCUT2D eigenvalue weighted by Crippen LogP contribution is -2.08. The molecule has 2 nitrogen and oxygen atoms in total. The van der Waals surface area contributed by atoms with Crippen LogP contribution in [-0.2, 0) is 5.41 Å². The highest BCUT2D eigenvalue weighted by atomic mass is 16.3. The number of pyridine rings is 1. The number of aryl methyl sites for hydroxylation is 1. The first-order valence-corrected chi connectivity index (χ1v) is 4.84. The van der Waals surface area contributed by atoms with Gasteiger partial charge < -0.3 is 4.42 Å². The monoisotopic (exact) mass is 189 g/mol. The Balaban J connectivity index is 2.63. The van der Waals surface area contributed by atoms with Crippen LogP contribution in [0.15, 0.2) is 22.6 Å². The van der Waals surface area contributed by atoms with Crippen LogP contribution in [0.3, 0.4) is 0 Å². The predicted octanol–water partition coefficient (Wildman–Crippen LogP) is 3.43. The van der Waals surface area contributed by atoms with E-state index < -0.39 is 0 Å². The molecule has 0 amide bonds. The van der Waals surface area contributed by atoms with Crippen molar-refractivity contribution in [1.82, 2.24) is 4.98 Å². The van der Waals surface area contributed by atoms with Crippen molar-refractivity contribution in [2.75, 3.05) is 0 Å². The van der Waals surface area contributed by atoms with Crippen molar-refractivity contribution in [2.24, 2.45) is 0 Å². The summed E-state index contributed by atoms with van der Waals surface area (Å²) in [5.41, 5.74) is 1.79. The number of furan rings is 1. The molecule has 0 aromatic carbocycles. The molecule has 0 atom stereocenters. The van der Waals surface area contributed by atoms with Gasteiger partial charge in [-0.15, -0.1) is 0 Å². The van der Waals surface area contributed by atoms with Gasteiger partial charge in [0.15, 0.2) is 0 Å². The molecule has 0 aliphatic carbocycles. The minimum absolute atomic E-state index is 0.0502. The summed E-state index contributed by atoms with van der Waals surface area (Å²) in [6, 6.07) is 6.13. The largest absolute Gasteiger partial charge is 0.442 e. The summed E-state index contributed by atoms with van der Waals surface area (Å²) >= 11 is 0. The molecular formula is C12H15NO. The average Bonchev–Trinajstić information content (AvgIpc) is 2.45. The number of nitrogens with zero attached hydrogens (tertiary/aromatic N) is 1. The molecular weight excluding hydrogens is 174 g/mol. The summed E-state index contributed by atoms with van der Waals surface area (Å²) < 4.78 is 5.70. The van der Waals surface area contributed by atoms with Crippen molar-refractivity contribution in [3.63, 3.8) is 0 Å². The summed E-state index contributed by atoms with van der Waals surface area (Å²) in [4.78, 5) is 4.34. The standard InChI is InChI=1S/C12H15NO/c1-8-5-6-9-7-10(12(2,3)4)14-11(9)13-8/h5-7H,1-4H3. The van der Waals surface area contributed by atoms with Crippen LogP contribution < -0.4 is 0 Å². The van der Waals surface area contributed by atoms with Gasteiger partial charge in [-0.1, -0.05) is 20.8 Å². The second-order valence-electron chi connectivity index (χ2n) is 4.71. The lowest BCUT2D eigenvalue weighted by Gasteiger charge is -2.13. The molecule has 0 radical (unpaired) electrons. The number of fused-ring (bicyclic) bond motifs is 1. The minimum Gasteiger partial charge on any atom is -0.442 e. The van der Waals surface area contributed by atoms with Gasteiger partial charge in [0, 0.05) is 16.5 Å². The molecule has 0 aliphatic rings. The third kappa shape index (κ3) is 1.52. The van der Waals surface area contributed by atoms with Crippen LogP contribution in [0.4, 0.5) is 0 Å². The highest BCUT2D eigenvalue weighted by Gasteiger charge is 2.19. The van der Waals surface area contributed by atoms with Crippen LogP contribution >= 0.6 is 0 Å². The zero-order chi connectivity index (χ0) is 10.3. The Bertz CT molecular complexity index is 463. The molecule has 2 aromatic rings. The maximum absolute atomic E-state index is 5.70. The highest BCUT2D eigenvalue weighted by Crippen LogP contribution is 2.27. The number of hydrogen-bond acceptors (Lipinski definition) is 2. The zero-order valence-electron chi connectivity index (χ0n) is 9.09. The summed E-state index contributed by atoms with van der Waals surface area (Å²) in [7, 11) is 0. The molecule has 0 aliphatic heterocycles. The van der Waals surface area contributed by atoms with Crippen LogP contribution in [0.5, 0.6) is 0 Å². The molecule has 14 heavy (non-hydrogen) atoms. The summed E-state index contributed by atoms with van der Waals surface area (Å²) in [5, 5.41) is 1.08. The van der Waals surface area contributed by atoms with Gasteiger partial charge in [0.05, 0.1) is 0 Å². The normalized spacial score (nSPS) is 12.3. The fourth-order valence-corrected chi connectivity index (χ4v) is 1.38. The van der Waals surface area contributed by atoms with Gasteiger partial charge >= 0.3 is 0 Å². The van der Waals surface area contributed by atoms with Crippen LogP contribution in [0.1, 0.15) is 32.2 Å². The molecule has 2 aromatic heterocycles. The molecule has 0 unspecified atom stereocenters. The van der Waals surface area contributed by atoms with Crippen LogP contribution in [0, 0.1) is 6.92 Å². The second kappa shape index (κ2) is 2.84. The summed E-state index contributed by atoms with van der Waals surface area (Å²) in [6.45, 7) is 8.38. The molecule has 0 bridgehead atoms. The van der Waals surface area contributed by atoms with Gasteiger partial charge in [-0.3, -0.25) is 0 Å². The van der Waals surface area contributed by atoms with Gasteiger partial charge in [0.2, 0.25) is 5.71 Å². The van der Waals surface area contributed by atoms with Crippen molar-refractivity contribution < 1.29 is 4.42 Å². The Kier molecular flexibility index (Phi) is 1.88. The third-order valence-electron chi connectivity index (χ3n) is 2.26. The van der Waals surface area contributed by atoms with Crippen molar-refractivity contribution >= 4 is 11.1 Å². The van der Waals surface area contributed by atoms with E-state index >= 15 is 0 Å². The Hall–Kier alpha value is -1.31. The fourth-order valence-electron chi connectivity index (χ4n) is 1.38. The van der Waals surface area contributed by atoms with Crippen molar-refractivity contribution in [1.29, 1.82) is 0 Å². The molecule has 0 fully saturated rings. The van der Waals surface area contributed by atoms with Crippen molar-refractivity contribution in [3.8, 4) is 0 Å². The average molecular weight is 189 g/mol. The molecule has 2 heterocycles. The number of rotatable bonds is 0. The van der Waals surface area contributed by atoms with Gasteiger partial charge in [0.1, 0.15) is 5.76 Å². The summed E-state index contributed by atoms with van der Waals surface area (Å²) in [5.74, 6) is 0.991. The third-order valence-corrected chi connectivity index (χ3v) is 2.26. The predicted molar refractivity (Wildman–Crippen MR) is 57.4 cm³/mol. The zero-order valence-corrected chi connectivity index (χ0v) is 9.09. The Morgan fingerprint density at radius 3 is 2.57 bits per heavy atom. The van der Waals surface area contributed by atoms with E-state index in [4.69, 9.17) is 4.42 Å². The molecule has 2 rings (SSSR count). The van der Waals surface area contributed by atoms with Crippen LogP contribution in [0.25, 0.3) is 11.1 Å². The SMILES string of the molecule is Cc1ccc2cc(C(C)(C)C)oc2n1. The van der Waals surface area contributed by atoms with Gasteiger partial charge in [-0.05, 0) is 25.1 Å². The minimum atomic E-state index is 0.0502. The first kappa shape index (κ1) is 9.25. The number of aromatic nitrogens is 1. The molecule has 2 heteroatoms. The van der Waals surface area contributed by atoms with Crippen molar-refractivity contribution in [3.05, 3.63) is 29.7 Å². The lowest BCUT2D eigenvalue weighted by atomic mass is 9.93. The maximum atomic E-state index is 5.70. The van der Waals surface area contributed by atoms with Gasteiger partial charge in [-0.25, -0.2) is 4.98 Å². The maximum Gasteiger partial charge on any atom is 0.226 e. The van der Waals surface area contributed by atoms with E-state index in [1.54, 1.807) is 0 Å². The van der Waals surface area contributed by atoms with E-state index in [1.165, 1.54) is 0 Å². The van der Waals surface area contributed by atoms with E-state index in [1.807, 2.05) is 13.0 Å². The first-order chi connectivity index (χ1) is 6.47. The molecule has 0 saturated carbocycles. The van der Waals surface area contributed by atoms with E-state index in [0.29, 0.717) is 0 Å². The molecule has 0 spiro atoms. The van der Waals surface area contributed by atoms with E-state index in [9.17, 15) is 0 Å². The number of hydrogen-bond donors (Lipinski definition) is 0. The topological polar surface area (TPSA) is 26.0 Å². The van der Waals surface area contributed by atoms with Crippen molar-refractivity contribution in [2.45, 2.75) is 33.1 Å². The van der Waals surface area contributed by atoms with Gasteiger partial charge in [-0.2, -0.15) is 0 Å². The van der Waals surface area contributed by atoms with E-state index in [0.717, 1.165) is 22.6 Å². The highest BCUT2D eigenvalue weighted by molar-refractivity contribution is 5.74. The second-order valence-corrected chi connectivity index (χ2v) is 4.71. The molecule has 0 N–H and O–H groups in total.